The minimum absolute atomic E-state index is 0.0358. The average Bonchev–Trinajstić information content (AvgIpc) is 2.09. The van der Waals surface area contributed by atoms with Crippen LogP contribution >= 0.6 is 0 Å². The maximum atomic E-state index is 11.5. The van der Waals surface area contributed by atoms with Gasteiger partial charge in [-0.3, -0.25) is 0 Å². The quantitative estimate of drug-likeness (QED) is 0.452. The number of hydrogen-bond acceptors (Lipinski definition) is 2. The summed E-state index contributed by atoms with van der Waals surface area (Å²) in [6.07, 6.45) is 0. The Kier molecular flexibility index (Phi) is 3.69. The van der Waals surface area contributed by atoms with Gasteiger partial charge in [0.2, 0.25) is 6.04 Å². The van der Waals surface area contributed by atoms with Crippen molar-refractivity contribution in [2.45, 2.75) is 13.0 Å². The summed E-state index contributed by atoms with van der Waals surface area (Å²) < 4.78 is 5.03. The van der Waals surface area contributed by atoms with Crippen LogP contribution in [0, 0.1) is 0 Å². The molecule has 1 aliphatic rings. The Bertz CT molecular complexity index is 184. The van der Waals surface area contributed by atoms with Gasteiger partial charge in [0.1, 0.15) is 19.6 Å². The second kappa shape index (κ2) is 4.58. The highest BCUT2D eigenvalue weighted by atomic mass is 16.5. The van der Waals surface area contributed by atoms with Crippen LogP contribution in [-0.2, 0) is 9.53 Å². The van der Waals surface area contributed by atoms with Gasteiger partial charge >= 0.3 is 5.97 Å². The maximum absolute atomic E-state index is 11.5. The molecule has 3 atom stereocenters. The van der Waals surface area contributed by atoms with E-state index >= 15 is 0 Å². The second-order valence-corrected chi connectivity index (χ2v) is 3.81. The fourth-order valence-electron chi connectivity index (χ4n) is 1.74. The van der Waals surface area contributed by atoms with Crippen LogP contribution in [0.1, 0.15) is 6.92 Å². The summed E-state index contributed by atoms with van der Waals surface area (Å²) in [5.74, 6) is -0.0425. The molecule has 1 heterocycles. The molecule has 0 aromatic rings. The van der Waals surface area contributed by atoms with Crippen LogP contribution in [0.2, 0.25) is 0 Å². The lowest BCUT2D eigenvalue weighted by molar-refractivity contribution is -1.01. The molecule has 0 aromatic carbocycles. The number of nitrogens with one attached hydrogen (secondary N) is 2. The van der Waals surface area contributed by atoms with Crippen molar-refractivity contribution in [1.82, 2.24) is 0 Å². The lowest BCUT2D eigenvalue weighted by Gasteiger charge is -2.30. The van der Waals surface area contributed by atoms with E-state index < -0.39 is 0 Å². The lowest BCUT2D eigenvalue weighted by Crippen LogP contribution is -3.29. The third kappa shape index (κ3) is 2.67. The molecule has 1 saturated heterocycles. The molecule has 2 N–H and O–H groups in total. The van der Waals surface area contributed by atoms with E-state index in [2.05, 4.69) is 14.1 Å². The molecule has 4 heteroatoms. The van der Waals surface area contributed by atoms with E-state index in [1.165, 1.54) is 9.80 Å². The van der Waals surface area contributed by atoms with Crippen molar-refractivity contribution < 1.29 is 19.3 Å². The molecule has 1 aliphatic heterocycles. The molecular weight excluding hydrogens is 168 g/mol. The Labute approximate surface area is 79.4 Å². The van der Waals surface area contributed by atoms with Crippen molar-refractivity contribution in [1.29, 1.82) is 0 Å². The van der Waals surface area contributed by atoms with Gasteiger partial charge in [0.05, 0.1) is 20.7 Å². The molecule has 0 aliphatic carbocycles. The number of esters is 1. The number of piperazine rings is 1. The fraction of sp³-hybridized carbons (Fsp3) is 0.889. The summed E-state index contributed by atoms with van der Waals surface area (Å²) in [7, 11) is 4.19. The predicted octanol–water partition coefficient (Wildman–Crippen LogP) is -3.04. The molecule has 0 radical (unpaired) electrons. The molecule has 2 unspecified atom stereocenters. The first-order chi connectivity index (χ1) is 6.15. The Hall–Kier alpha value is -0.610. The molecule has 13 heavy (non-hydrogen) atoms. The van der Waals surface area contributed by atoms with Crippen molar-refractivity contribution in [3.8, 4) is 0 Å². The lowest BCUT2D eigenvalue weighted by atomic mass is 10.2. The molecule has 1 rings (SSSR count). The zero-order chi connectivity index (χ0) is 9.84. The summed E-state index contributed by atoms with van der Waals surface area (Å²) in [6.45, 7) is 5.43. The van der Waals surface area contributed by atoms with Crippen LogP contribution in [0.3, 0.4) is 0 Å². The number of likely N-dealkylation sites (N-methyl/N-ethyl adjacent to an activating group) is 2. The first-order valence-electron chi connectivity index (χ1n) is 4.95. The van der Waals surface area contributed by atoms with Gasteiger partial charge in [0.15, 0.2) is 0 Å². The van der Waals surface area contributed by atoms with Crippen molar-refractivity contribution in [2.75, 3.05) is 40.3 Å². The van der Waals surface area contributed by atoms with Crippen molar-refractivity contribution in [3.05, 3.63) is 0 Å². The number of quaternary nitrogens is 2. The maximum Gasteiger partial charge on any atom is 0.370 e. The normalized spacial score (nSPS) is 34.2. The summed E-state index contributed by atoms with van der Waals surface area (Å²) >= 11 is 0. The largest absolute Gasteiger partial charge is 0.461 e. The van der Waals surface area contributed by atoms with Crippen molar-refractivity contribution in [2.24, 2.45) is 0 Å². The predicted molar refractivity (Wildman–Crippen MR) is 48.8 cm³/mol. The van der Waals surface area contributed by atoms with Gasteiger partial charge in [0, 0.05) is 0 Å². The zero-order valence-electron chi connectivity index (χ0n) is 8.72. The van der Waals surface area contributed by atoms with E-state index in [9.17, 15) is 4.79 Å². The SMILES string of the molecule is CCOC(=O)[C@@H]1C[NH+](C)CC[NH+]1C. The summed E-state index contributed by atoms with van der Waals surface area (Å²) in [4.78, 5) is 14.2. The van der Waals surface area contributed by atoms with E-state index in [0.717, 1.165) is 19.6 Å². The van der Waals surface area contributed by atoms with E-state index in [0.29, 0.717) is 6.61 Å². The monoisotopic (exact) mass is 188 g/mol. The molecule has 0 bridgehead atoms. The zero-order valence-corrected chi connectivity index (χ0v) is 8.72. The second-order valence-electron chi connectivity index (χ2n) is 3.81. The Morgan fingerprint density at radius 1 is 1.46 bits per heavy atom. The molecule has 0 amide bonds. The summed E-state index contributed by atoms with van der Waals surface area (Å²) in [5.41, 5.74) is 0. The molecule has 0 aromatic heterocycles. The van der Waals surface area contributed by atoms with Crippen LogP contribution < -0.4 is 9.80 Å². The van der Waals surface area contributed by atoms with Gasteiger partial charge in [-0.15, -0.1) is 0 Å². The fourth-order valence-corrected chi connectivity index (χ4v) is 1.74. The molecule has 76 valence electrons. The number of hydrogen-bond donors (Lipinski definition) is 2. The highest BCUT2D eigenvalue weighted by Gasteiger charge is 2.35. The van der Waals surface area contributed by atoms with Crippen LogP contribution in [0.4, 0.5) is 0 Å². The Morgan fingerprint density at radius 3 is 2.77 bits per heavy atom. The first-order valence-corrected chi connectivity index (χ1v) is 4.95. The standard InChI is InChI=1S/C9H18N2O2/c1-4-13-9(12)8-7-10(2)5-6-11(8)3/h8H,4-7H2,1-3H3/p+2/t8-/m0/s1. The van der Waals surface area contributed by atoms with Crippen LogP contribution in [-0.4, -0.2) is 52.3 Å². The third-order valence-electron chi connectivity index (χ3n) is 2.66. The van der Waals surface area contributed by atoms with Crippen LogP contribution in [0.15, 0.2) is 0 Å². The first kappa shape index (κ1) is 10.5. The highest BCUT2D eigenvalue weighted by Crippen LogP contribution is 1.83. The van der Waals surface area contributed by atoms with Crippen molar-refractivity contribution in [3.63, 3.8) is 0 Å². The van der Waals surface area contributed by atoms with E-state index in [4.69, 9.17) is 4.74 Å². The van der Waals surface area contributed by atoms with Gasteiger partial charge in [-0.25, -0.2) is 4.79 Å². The van der Waals surface area contributed by atoms with Gasteiger partial charge in [0.25, 0.3) is 0 Å². The topological polar surface area (TPSA) is 35.2 Å². The number of ether oxygens (including phenoxy) is 1. The van der Waals surface area contributed by atoms with E-state index in [1.54, 1.807) is 0 Å². The number of carbonyl (C=O) groups is 1. The number of rotatable bonds is 2. The van der Waals surface area contributed by atoms with Crippen molar-refractivity contribution >= 4 is 5.97 Å². The minimum Gasteiger partial charge on any atom is -0.461 e. The Morgan fingerprint density at radius 2 is 2.15 bits per heavy atom. The minimum atomic E-state index is -0.0425. The van der Waals surface area contributed by atoms with Crippen LogP contribution in [0.5, 0.6) is 0 Å². The molecule has 4 nitrogen and oxygen atoms in total. The van der Waals surface area contributed by atoms with Gasteiger partial charge in [-0.1, -0.05) is 0 Å². The molecule has 0 spiro atoms. The summed E-state index contributed by atoms with van der Waals surface area (Å²) in [5, 5.41) is 0. The van der Waals surface area contributed by atoms with Gasteiger partial charge < -0.3 is 14.5 Å². The molecular formula is C9H20N2O2+2. The highest BCUT2D eigenvalue weighted by molar-refractivity contribution is 5.74. The third-order valence-corrected chi connectivity index (χ3v) is 2.66. The van der Waals surface area contributed by atoms with Crippen LogP contribution in [0.25, 0.3) is 0 Å². The van der Waals surface area contributed by atoms with E-state index in [1.807, 2.05) is 6.92 Å². The Balaban J connectivity index is 2.50. The van der Waals surface area contributed by atoms with Gasteiger partial charge in [-0.2, -0.15) is 0 Å². The number of carbonyl (C=O) groups excluding carboxylic acids is 1. The van der Waals surface area contributed by atoms with Gasteiger partial charge in [-0.05, 0) is 6.92 Å². The molecule has 0 saturated carbocycles. The van der Waals surface area contributed by atoms with E-state index in [-0.39, 0.29) is 12.0 Å². The smallest absolute Gasteiger partial charge is 0.370 e. The molecule has 1 fully saturated rings. The average molecular weight is 188 g/mol. The summed E-state index contributed by atoms with van der Waals surface area (Å²) in [6, 6.07) is 0.0358.